The molecule has 5 nitrogen and oxygen atoms in total. The monoisotopic (exact) mass is 236 g/mol. The quantitative estimate of drug-likeness (QED) is 0.779. The third-order valence-electron chi connectivity index (χ3n) is 2.73. The first-order valence-electron chi connectivity index (χ1n) is 5.52. The van der Waals surface area contributed by atoms with Crippen molar-refractivity contribution in [1.82, 2.24) is 5.32 Å². The number of nitrogens with two attached hydrogens (primary N) is 1. The largest absolute Gasteiger partial charge is 0.493 e. The van der Waals surface area contributed by atoms with Gasteiger partial charge in [-0.15, -0.1) is 0 Å². The van der Waals surface area contributed by atoms with Crippen molar-refractivity contribution in [3.8, 4) is 11.5 Å². The van der Waals surface area contributed by atoms with Crippen LogP contribution >= 0.6 is 0 Å². The molecule has 0 spiro atoms. The zero-order valence-corrected chi connectivity index (χ0v) is 9.73. The van der Waals surface area contributed by atoms with E-state index < -0.39 is 0 Å². The first-order valence-corrected chi connectivity index (χ1v) is 5.52. The number of hydrogen-bond donors (Lipinski definition) is 2. The normalized spacial score (nSPS) is 17.9. The standard InChI is InChI=1S/C12H16N2O3/c1-16-10-4-2-3-8-5-9(7-17-12(8)10)14-11(15)6-13/h2-4,9H,5-7,13H2,1H3,(H,14,15). The van der Waals surface area contributed by atoms with Crippen LogP contribution in [0.25, 0.3) is 0 Å². The molecule has 5 heteroatoms. The molecule has 1 aromatic rings. The molecule has 0 aliphatic carbocycles. The van der Waals surface area contributed by atoms with Gasteiger partial charge in [-0.3, -0.25) is 4.79 Å². The maximum absolute atomic E-state index is 11.2. The molecule has 1 amide bonds. The summed E-state index contributed by atoms with van der Waals surface area (Å²) in [6.07, 6.45) is 0.734. The SMILES string of the molecule is COc1cccc2c1OCC(NC(=O)CN)C2. The van der Waals surface area contributed by atoms with Crippen molar-refractivity contribution in [2.45, 2.75) is 12.5 Å². The van der Waals surface area contributed by atoms with Gasteiger partial charge in [0.2, 0.25) is 5.91 Å². The second kappa shape index (κ2) is 5.05. The lowest BCUT2D eigenvalue weighted by molar-refractivity contribution is -0.120. The second-order valence-electron chi connectivity index (χ2n) is 3.93. The summed E-state index contributed by atoms with van der Waals surface area (Å²) >= 11 is 0. The molecular formula is C12H16N2O3. The number of fused-ring (bicyclic) bond motifs is 1. The van der Waals surface area contributed by atoms with Gasteiger partial charge in [0.15, 0.2) is 11.5 Å². The Hall–Kier alpha value is -1.75. The molecule has 1 aliphatic heterocycles. The van der Waals surface area contributed by atoms with E-state index in [4.69, 9.17) is 15.2 Å². The Morgan fingerprint density at radius 3 is 3.18 bits per heavy atom. The van der Waals surface area contributed by atoms with Crippen LogP contribution in [0, 0.1) is 0 Å². The molecule has 1 aliphatic rings. The van der Waals surface area contributed by atoms with Crippen LogP contribution in [0.15, 0.2) is 18.2 Å². The highest BCUT2D eigenvalue weighted by Crippen LogP contribution is 2.34. The van der Waals surface area contributed by atoms with E-state index in [2.05, 4.69) is 5.32 Å². The highest BCUT2D eigenvalue weighted by molar-refractivity contribution is 5.78. The summed E-state index contributed by atoms with van der Waals surface area (Å²) in [6.45, 7) is 0.445. The van der Waals surface area contributed by atoms with Crippen LogP contribution < -0.4 is 20.5 Å². The maximum atomic E-state index is 11.2. The smallest absolute Gasteiger partial charge is 0.234 e. The first kappa shape index (κ1) is 11.7. The number of carbonyl (C=O) groups excluding carboxylic acids is 1. The lowest BCUT2D eigenvalue weighted by atomic mass is 10.0. The van der Waals surface area contributed by atoms with Crippen LogP contribution in [-0.4, -0.2) is 32.2 Å². The van der Waals surface area contributed by atoms with E-state index >= 15 is 0 Å². The maximum Gasteiger partial charge on any atom is 0.234 e. The minimum atomic E-state index is -0.162. The zero-order chi connectivity index (χ0) is 12.3. The topological polar surface area (TPSA) is 73.6 Å². The zero-order valence-electron chi connectivity index (χ0n) is 9.73. The number of carbonyl (C=O) groups is 1. The van der Waals surface area contributed by atoms with Crippen LogP contribution in [0.1, 0.15) is 5.56 Å². The van der Waals surface area contributed by atoms with E-state index in [1.165, 1.54) is 0 Å². The molecular weight excluding hydrogens is 220 g/mol. The Bertz CT molecular complexity index is 420. The molecule has 2 rings (SSSR count). The summed E-state index contributed by atoms with van der Waals surface area (Å²) in [4.78, 5) is 11.2. The van der Waals surface area contributed by atoms with Gasteiger partial charge in [0.25, 0.3) is 0 Å². The fourth-order valence-corrected chi connectivity index (χ4v) is 1.93. The Kier molecular flexibility index (Phi) is 3.49. The van der Waals surface area contributed by atoms with Gasteiger partial charge in [-0.05, 0) is 12.5 Å². The summed E-state index contributed by atoms with van der Waals surface area (Å²) in [7, 11) is 1.61. The predicted octanol–water partition coefficient (Wildman–Crippen LogP) is 0.0736. The van der Waals surface area contributed by atoms with Crippen molar-refractivity contribution in [2.24, 2.45) is 5.73 Å². The van der Waals surface area contributed by atoms with Gasteiger partial charge in [-0.25, -0.2) is 0 Å². The average Bonchev–Trinajstić information content (AvgIpc) is 2.37. The Morgan fingerprint density at radius 2 is 2.47 bits per heavy atom. The van der Waals surface area contributed by atoms with E-state index in [-0.39, 0.29) is 18.5 Å². The summed E-state index contributed by atoms with van der Waals surface area (Å²) in [5, 5.41) is 2.82. The van der Waals surface area contributed by atoms with Gasteiger partial charge < -0.3 is 20.5 Å². The lowest BCUT2D eigenvalue weighted by Crippen LogP contribution is -2.45. The fourth-order valence-electron chi connectivity index (χ4n) is 1.93. The molecule has 1 unspecified atom stereocenters. The van der Waals surface area contributed by atoms with Crippen LogP contribution in [0.4, 0.5) is 0 Å². The number of amides is 1. The number of hydrogen-bond acceptors (Lipinski definition) is 4. The molecule has 0 fully saturated rings. The van der Waals surface area contributed by atoms with Crippen LogP contribution in [0.2, 0.25) is 0 Å². The van der Waals surface area contributed by atoms with E-state index in [9.17, 15) is 4.79 Å². The third-order valence-corrected chi connectivity index (χ3v) is 2.73. The molecule has 0 saturated carbocycles. The highest BCUT2D eigenvalue weighted by Gasteiger charge is 2.23. The van der Waals surface area contributed by atoms with Gasteiger partial charge in [0.05, 0.1) is 19.7 Å². The van der Waals surface area contributed by atoms with Crippen molar-refractivity contribution < 1.29 is 14.3 Å². The Morgan fingerprint density at radius 1 is 1.65 bits per heavy atom. The van der Waals surface area contributed by atoms with E-state index in [1.54, 1.807) is 7.11 Å². The summed E-state index contributed by atoms with van der Waals surface area (Å²) in [5.74, 6) is 1.34. The van der Waals surface area contributed by atoms with Gasteiger partial charge >= 0.3 is 0 Å². The van der Waals surface area contributed by atoms with Gasteiger partial charge in [0.1, 0.15) is 6.61 Å². The van der Waals surface area contributed by atoms with Crippen molar-refractivity contribution in [3.63, 3.8) is 0 Å². The molecule has 0 saturated heterocycles. The number of benzene rings is 1. The molecule has 0 aromatic heterocycles. The summed E-state index contributed by atoms with van der Waals surface area (Å²) < 4.78 is 10.8. The molecule has 0 radical (unpaired) electrons. The Balaban J connectivity index is 2.11. The lowest BCUT2D eigenvalue weighted by Gasteiger charge is -2.27. The number of nitrogens with one attached hydrogen (secondary N) is 1. The fraction of sp³-hybridized carbons (Fsp3) is 0.417. The van der Waals surface area contributed by atoms with Crippen molar-refractivity contribution in [1.29, 1.82) is 0 Å². The average molecular weight is 236 g/mol. The van der Waals surface area contributed by atoms with Gasteiger partial charge in [0, 0.05) is 5.56 Å². The van der Waals surface area contributed by atoms with Crippen LogP contribution in [0.3, 0.4) is 0 Å². The molecule has 17 heavy (non-hydrogen) atoms. The first-order chi connectivity index (χ1) is 8.24. The summed E-state index contributed by atoms with van der Waals surface area (Å²) in [5.41, 5.74) is 6.30. The van der Waals surface area contributed by atoms with E-state index in [0.29, 0.717) is 6.61 Å². The molecule has 1 atom stereocenters. The van der Waals surface area contributed by atoms with E-state index in [1.807, 2.05) is 18.2 Å². The highest BCUT2D eigenvalue weighted by atomic mass is 16.5. The molecule has 1 aromatic carbocycles. The number of para-hydroxylation sites is 1. The number of ether oxygens (including phenoxy) is 2. The van der Waals surface area contributed by atoms with Gasteiger partial charge in [-0.2, -0.15) is 0 Å². The summed E-state index contributed by atoms with van der Waals surface area (Å²) in [6, 6.07) is 5.72. The van der Waals surface area contributed by atoms with Crippen LogP contribution in [0.5, 0.6) is 11.5 Å². The molecule has 3 N–H and O–H groups in total. The minimum absolute atomic E-state index is 0.00146. The Labute approximate surface area is 99.9 Å². The molecule has 92 valence electrons. The minimum Gasteiger partial charge on any atom is -0.493 e. The predicted molar refractivity (Wildman–Crippen MR) is 63.2 cm³/mol. The number of rotatable bonds is 3. The second-order valence-corrected chi connectivity index (χ2v) is 3.93. The van der Waals surface area contributed by atoms with E-state index in [0.717, 1.165) is 23.5 Å². The van der Waals surface area contributed by atoms with Crippen molar-refractivity contribution in [3.05, 3.63) is 23.8 Å². The molecule has 1 heterocycles. The third kappa shape index (κ3) is 2.50. The van der Waals surface area contributed by atoms with Gasteiger partial charge in [-0.1, -0.05) is 12.1 Å². The van der Waals surface area contributed by atoms with Crippen molar-refractivity contribution in [2.75, 3.05) is 20.3 Å². The molecule has 0 bridgehead atoms. The number of methoxy groups -OCH3 is 1. The van der Waals surface area contributed by atoms with Crippen molar-refractivity contribution >= 4 is 5.91 Å². The van der Waals surface area contributed by atoms with Crippen LogP contribution in [-0.2, 0) is 11.2 Å².